The minimum absolute atomic E-state index is 0.196. The topological polar surface area (TPSA) is 26.3 Å². The highest BCUT2D eigenvalue weighted by molar-refractivity contribution is 5.93. The van der Waals surface area contributed by atoms with Crippen LogP contribution in [0.25, 0.3) is 5.57 Å². The average Bonchev–Trinajstić information content (AvgIpc) is 2.51. The van der Waals surface area contributed by atoms with Crippen molar-refractivity contribution in [1.82, 2.24) is 0 Å². The van der Waals surface area contributed by atoms with Crippen LogP contribution in [-0.4, -0.2) is 5.97 Å². The second kappa shape index (κ2) is 5.85. The van der Waals surface area contributed by atoms with Gasteiger partial charge in [-0.05, 0) is 35.5 Å². The van der Waals surface area contributed by atoms with Gasteiger partial charge in [-0.1, -0.05) is 44.5 Å². The molecule has 1 saturated carbocycles. The standard InChI is InChI=1S/C14H14O2.C2H6/c15-14-8-13(10-5-3-6-10)12-7-2-1-4-11(12)9-16-14;1-2/h1-2,4,7-8,10H,3,5-6,9H2;1-2H3. The summed E-state index contributed by atoms with van der Waals surface area (Å²) in [5.74, 6) is 0.366. The second-order valence-corrected chi connectivity index (χ2v) is 4.49. The number of hydrogen-bond donors (Lipinski definition) is 0. The third kappa shape index (κ3) is 2.47. The number of allylic oxidation sites excluding steroid dienone is 1. The Kier molecular flexibility index (Phi) is 4.19. The summed E-state index contributed by atoms with van der Waals surface area (Å²) in [6.45, 7) is 4.40. The van der Waals surface area contributed by atoms with E-state index in [0.29, 0.717) is 12.5 Å². The molecular formula is C16H20O2. The quantitative estimate of drug-likeness (QED) is 0.699. The van der Waals surface area contributed by atoms with Gasteiger partial charge < -0.3 is 4.74 Å². The van der Waals surface area contributed by atoms with Gasteiger partial charge in [-0.25, -0.2) is 4.79 Å². The minimum atomic E-state index is -0.196. The van der Waals surface area contributed by atoms with E-state index < -0.39 is 0 Å². The first-order valence-electron chi connectivity index (χ1n) is 6.81. The van der Waals surface area contributed by atoms with E-state index in [0.717, 1.165) is 5.56 Å². The van der Waals surface area contributed by atoms with Gasteiger partial charge in [0.1, 0.15) is 6.61 Å². The fourth-order valence-corrected chi connectivity index (χ4v) is 2.38. The van der Waals surface area contributed by atoms with Crippen LogP contribution in [0.5, 0.6) is 0 Å². The van der Waals surface area contributed by atoms with Crippen molar-refractivity contribution in [3.63, 3.8) is 0 Å². The lowest BCUT2D eigenvalue weighted by Crippen LogP contribution is -2.14. The van der Waals surface area contributed by atoms with Gasteiger partial charge in [-0.2, -0.15) is 0 Å². The predicted molar refractivity (Wildman–Crippen MR) is 72.9 cm³/mol. The van der Waals surface area contributed by atoms with Crippen LogP contribution >= 0.6 is 0 Å². The molecule has 0 atom stereocenters. The van der Waals surface area contributed by atoms with Crippen LogP contribution in [0.15, 0.2) is 30.3 Å². The maximum absolute atomic E-state index is 11.5. The van der Waals surface area contributed by atoms with Crippen molar-refractivity contribution in [3.8, 4) is 0 Å². The highest BCUT2D eigenvalue weighted by atomic mass is 16.5. The van der Waals surface area contributed by atoms with Gasteiger partial charge in [0.05, 0.1) is 0 Å². The lowest BCUT2D eigenvalue weighted by Gasteiger charge is -2.28. The van der Waals surface area contributed by atoms with E-state index in [1.165, 1.54) is 30.4 Å². The van der Waals surface area contributed by atoms with Gasteiger partial charge in [-0.3, -0.25) is 0 Å². The molecule has 96 valence electrons. The maximum Gasteiger partial charge on any atom is 0.331 e. The van der Waals surface area contributed by atoms with Gasteiger partial charge in [0.25, 0.3) is 0 Å². The molecule has 1 heterocycles. The zero-order valence-electron chi connectivity index (χ0n) is 11.1. The Morgan fingerprint density at radius 1 is 1.17 bits per heavy atom. The second-order valence-electron chi connectivity index (χ2n) is 4.49. The SMILES string of the molecule is CC.O=C1C=C(C2CCC2)c2ccccc2CO1. The van der Waals surface area contributed by atoms with Gasteiger partial charge in [-0.15, -0.1) is 0 Å². The molecule has 1 aromatic rings. The normalized spacial score (nSPS) is 18.3. The molecule has 1 aliphatic carbocycles. The van der Waals surface area contributed by atoms with Crippen molar-refractivity contribution >= 4 is 11.5 Å². The molecule has 0 radical (unpaired) electrons. The summed E-state index contributed by atoms with van der Waals surface area (Å²) in [5.41, 5.74) is 3.52. The molecule has 0 bridgehead atoms. The van der Waals surface area contributed by atoms with Crippen molar-refractivity contribution < 1.29 is 9.53 Å². The van der Waals surface area contributed by atoms with Crippen LogP contribution in [0.1, 0.15) is 44.2 Å². The molecule has 18 heavy (non-hydrogen) atoms. The van der Waals surface area contributed by atoms with Crippen LogP contribution in [0.4, 0.5) is 0 Å². The smallest absolute Gasteiger partial charge is 0.331 e. The number of fused-ring (bicyclic) bond motifs is 1. The first kappa shape index (κ1) is 12.9. The highest BCUT2D eigenvalue weighted by Crippen LogP contribution is 2.40. The van der Waals surface area contributed by atoms with E-state index in [4.69, 9.17) is 4.74 Å². The molecule has 2 aliphatic rings. The van der Waals surface area contributed by atoms with E-state index in [-0.39, 0.29) is 5.97 Å². The molecule has 1 fully saturated rings. The van der Waals surface area contributed by atoms with Crippen LogP contribution in [0.2, 0.25) is 0 Å². The van der Waals surface area contributed by atoms with Gasteiger partial charge >= 0.3 is 5.97 Å². The fraction of sp³-hybridized carbons (Fsp3) is 0.438. The van der Waals surface area contributed by atoms with Crippen LogP contribution < -0.4 is 0 Å². The van der Waals surface area contributed by atoms with Crippen molar-refractivity contribution in [3.05, 3.63) is 41.5 Å². The van der Waals surface area contributed by atoms with Gasteiger partial charge in [0, 0.05) is 6.08 Å². The van der Waals surface area contributed by atoms with E-state index in [1.807, 2.05) is 32.0 Å². The molecule has 2 heteroatoms. The fourth-order valence-electron chi connectivity index (χ4n) is 2.38. The van der Waals surface area contributed by atoms with Crippen molar-refractivity contribution in [1.29, 1.82) is 0 Å². The number of ether oxygens (including phenoxy) is 1. The van der Waals surface area contributed by atoms with Crippen LogP contribution in [-0.2, 0) is 16.1 Å². The molecule has 0 saturated heterocycles. The number of rotatable bonds is 1. The van der Waals surface area contributed by atoms with Crippen LogP contribution in [0, 0.1) is 5.92 Å². The molecule has 1 aromatic carbocycles. The number of esters is 1. The van der Waals surface area contributed by atoms with Gasteiger partial charge in [0.15, 0.2) is 0 Å². The zero-order chi connectivity index (χ0) is 13.0. The number of cyclic esters (lactones) is 1. The third-order valence-electron chi connectivity index (χ3n) is 3.52. The van der Waals surface area contributed by atoms with Gasteiger partial charge in [0.2, 0.25) is 0 Å². The number of benzene rings is 1. The molecule has 3 rings (SSSR count). The molecular weight excluding hydrogens is 224 g/mol. The highest BCUT2D eigenvalue weighted by Gasteiger charge is 2.26. The summed E-state index contributed by atoms with van der Waals surface area (Å²) in [7, 11) is 0. The average molecular weight is 244 g/mol. The maximum atomic E-state index is 11.5. The number of carbonyl (C=O) groups excluding carboxylic acids is 1. The molecule has 1 aliphatic heterocycles. The molecule has 2 nitrogen and oxygen atoms in total. The Morgan fingerprint density at radius 3 is 2.56 bits per heavy atom. The molecule has 0 amide bonds. The Bertz CT molecular complexity index is 456. The van der Waals surface area contributed by atoms with E-state index in [9.17, 15) is 4.79 Å². The summed E-state index contributed by atoms with van der Waals surface area (Å²) in [6.07, 6.45) is 5.37. The minimum Gasteiger partial charge on any atom is -0.458 e. The molecule has 0 unspecified atom stereocenters. The monoisotopic (exact) mass is 244 g/mol. The molecule has 0 aromatic heterocycles. The Balaban J connectivity index is 0.000000574. The Morgan fingerprint density at radius 2 is 1.89 bits per heavy atom. The van der Waals surface area contributed by atoms with Crippen molar-refractivity contribution in [2.45, 2.75) is 39.7 Å². The third-order valence-corrected chi connectivity index (χ3v) is 3.52. The van der Waals surface area contributed by atoms with E-state index in [2.05, 4.69) is 6.07 Å². The predicted octanol–water partition coefficient (Wildman–Crippen LogP) is 3.95. The largest absolute Gasteiger partial charge is 0.458 e. The Labute approximate surface area is 109 Å². The zero-order valence-corrected chi connectivity index (χ0v) is 11.1. The summed E-state index contributed by atoms with van der Waals surface area (Å²) >= 11 is 0. The number of hydrogen-bond acceptors (Lipinski definition) is 2. The number of carbonyl (C=O) groups is 1. The first-order chi connectivity index (χ1) is 8.84. The lowest BCUT2D eigenvalue weighted by atomic mass is 9.76. The van der Waals surface area contributed by atoms with E-state index >= 15 is 0 Å². The Hall–Kier alpha value is -1.57. The van der Waals surface area contributed by atoms with Crippen molar-refractivity contribution in [2.24, 2.45) is 5.92 Å². The molecule has 0 N–H and O–H groups in total. The first-order valence-corrected chi connectivity index (χ1v) is 6.81. The summed E-state index contributed by atoms with van der Waals surface area (Å²) in [6, 6.07) is 8.17. The summed E-state index contributed by atoms with van der Waals surface area (Å²) in [5, 5.41) is 0. The molecule has 0 spiro atoms. The van der Waals surface area contributed by atoms with E-state index in [1.54, 1.807) is 6.08 Å². The summed E-state index contributed by atoms with van der Waals surface area (Å²) in [4.78, 5) is 11.5. The van der Waals surface area contributed by atoms with Crippen molar-refractivity contribution in [2.75, 3.05) is 0 Å². The lowest BCUT2D eigenvalue weighted by molar-refractivity contribution is -0.138. The summed E-state index contributed by atoms with van der Waals surface area (Å²) < 4.78 is 5.16. The van der Waals surface area contributed by atoms with Crippen LogP contribution in [0.3, 0.4) is 0 Å².